The van der Waals surface area contributed by atoms with Crippen LogP contribution in [0.25, 0.3) is 11.1 Å². The second kappa shape index (κ2) is 10.3. The first-order chi connectivity index (χ1) is 16.9. The first kappa shape index (κ1) is 23.9. The molecule has 176 valence electrons. The number of carbonyl (C=O) groups is 1. The van der Waals surface area contributed by atoms with Crippen molar-refractivity contribution in [1.82, 2.24) is 19.7 Å². The highest BCUT2D eigenvalue weighted by Crippen LogP contribution is 2.33. The second-order valence-corrected chi connectivity index (χ2v) is 8.51. The van der Waals surface area contributed by atoms with Crippen molar-refractivity contribution in [2.24, 2.45) is 7.05 Å². The molecule has 35 heavy (non-hydrogen) atoms. The molecule has 0 saturated heterocycles. The molecule has 0 bridgehead atoms. The van der Waals surface area contributed by atoms with Crippen molar-refractivity contribution in [1.29, 1.82) is 5.26 Å². The van der Waals surface area contributed by atoms with Crippen molar-refractivity contribution in [3.63, 3.8) is 0 Å². The van der Waals surface area contributed by atoms with Crippen LogP contribution in [0.3, 0.4) is 0 Å². The van der Waals surface area contributed by atoms with Crippen LogP contribution < -0.4 is 20.3 Å². The molecule has 1 aromatic carbocycles. The minimum atomic E-state index is -0.567. The summed E-state index contributed by atoms with van der Waals surface area (Å²) in [6, 6.07) is 11.8. The number of amides is 1. The van der Waals surface area contributed by atoms with Crippen LogP contribution in [0.4, 0.5) is 5.13 Å². The van der Waals surface area contributed by atoms with Gasteiger partial charge in [-0.3, -0.25) is 14.9 Å². The monoisotopic (exact) mass is 508 g/mol. The van der Waals surface area contributed by atoms with Crippen LogP contribution in [0.2, 0.25) is 5.15 Å². The van der Waals surface area contributed by atoms with Crippen LogP contribution in [0, 0.1) is 11.3 Å². The van der Waals surface area contributed by atoms with E-state index in [4.69, 9.17) is 26.3 Å². The zero-order chi connectivity index (χ0) is 24.9. The fourth-order valence-corrected chi connectivity index (χ4v) is 3.87. The number of rotatable bonds is 7. The Kier molecular flexibility index (Phi) is 7.05. The molecular weight excluding hydrogens is 492 g/mol. The van der Waals surface area contributed by atoms with E-state index in [0.717, 1.165) is 16.9 Å². The SMILES string of the molecule is COc1cnc(Cl)cc1-c1cn(C)c(=O)cc1C(=O)Nc1nnc(OCc2ccc(C#N)cc2)s1. The Bertz CT molecular complexity index is 1490. The lowest BCUT2D eigenvalue weighted by Crippen LogP contribution is -2.21. The Balaban J connectivity index is 1.55. The molecule has 4 aromatic rings. The Morgan fingerprint density at radius 2 is 2.00 bits per heavy atom. The highest BCUT2D eigenvalue weighted by molar-refractivity contribution is 7.17. The van der Waals surface area contributed by atoms with Gasteiger partial charge in [0.05, 0.1) is 30.5 Å². The summed E-state index contributed by atoms with van der Waals surface area (Å²) >= 11 is 7.10. The zero-order valence-electron chi connectivity index (χ0n) is 18.5. The lowest BCUT2D eigenvalue weighted by Gasteiger charge is -2.13. The van der Waals surface area contributed by atoms with Gasteiger partial charge in [0.2, 0.25) is 5.13 Å². The van der Waals surface area contributed by atoms with Gasteiger partial charge in [-0.25, -0.2) is 4.98 Å². The molecule has 0 unspecified atom stereocenters. The third-order valence-corrected chi connectivity index (χ3v) is 5.85. The lowest BCUT2D eigenvalue weighted by atomic mass is 10.0. The number of hydrogen-bond donors (Lipinski definition) is 1. The van der Waals surface area contributed by atoms with Gasteiger partial charge in [-0.2, -0.15) is 5.26 Å². The number of carbonyl (C=O) groups excluding carboxylic acids is 1. The number of nitrogens with zero attached hydrogens (tertiary/aromatic N) is 5. The van der Waals surface area contributed by atoms with Crippen molar-refractivity contribution in [2.45, 2.75) is 6.61 Å². The smallest absolute Gasteiger partial charge is 0.296 e. The molecule has 12 heteroatoms. The first-order valence-electron chi connectivity index (χ1n) is 10.0. The molecule has 0 atom stereocenters. The molecule has 0 aliphatic carbocycles. The molecule has 3 heterocycles. The average Bonchev–Trinajstić information content (AvgIpc) is 3.31. The Morgan fingerprint density at radius 1 is 1.23 bits per heavy atom. The predicted octanol–water partition coefficient (Wildman–Crippen LogP) is 3.66. The maximum atomic E-state index is 13.1. The Morgan fingerprint density at radius 3 is 2.71 bits per heavy atom. The largest absolute Gasteiger partial charge is 0.494 e. The topological polar surface area (TPSA) is 132 Å². The van der Waals surface area contributed by atoms with Crippen LogP contribution in [0.1, 0.15) is 21.5 Å². The fraction of sp³-hybridized carbons (Fsp3) is 0.130. The second-order valence-electron chi connectivity index (χ2n) is 7.18. The van der Waals surface area contributed by atoms with Crippen LogP contribution in [0.5, 0.6) is 10.9 Å². The number of anilines is 1. The van der Waals surface area contributed by atoms with Crippen LogP contribution in [-0.4, -0.2) is 32.8 Å². The summed E-state index contributed by atoms with van der Waals surface area (Å²) in [4.78, 5) is 29.4. The van der Waals surface area contributed by atoms with E-state index in [2.05, 4.69) is 26.6 Å². The standard InChI is InChI=1S/C23H17ClN6O4S/c1-30-11-17(15-7-19(24)26-10-18(15)33-2)16(8-20(30)31)21(32)27-22-28-29-23(35-22)34-12-14-5-3-13(9-25)4-6-14/h3-8,10-11H,12H2,1-2H3,(H,27,28,32). The van der Waals surface area contributed by atoms with Crippen LogP contribution >= 0.6 is 22.9 Å². The third kappa shape index (κ3) is 5.46. The molecule has 1 amide bonds. The molecule has 0 spiro atoms. The minimum absolute atomic E-state index is 0.101. The number of nitriles is 1. The molecule has 0 aliphatic heterocycles. The lowest BCUT2D eigenvalue weighted by molar-refractivity contribution is 0.102. The van der Waals surface area contributed by atoms with Crippen molar-refractivity contribution in [2.75, 3.05) is 12.4 Å². The number of methoxy groups -OCH3 is 1. The highest BCUT2D eigenvalue weighted by Gasteiger charge is 2.20. The summed E-state index contributed by atoms with van der Waals surface area (Å²) in [5.41, 5.74) is 2.05. The number of ether oxygens (including phenoxy) is 2. The van der Waals surface area contributed by atoms with Gasteiger partial charge in [0.25, 0.3) is 16.7 Å². The van der Waals surface area contributed by atoms with Crippen molar-refractivity contribution >= 4 is 34.0 Å². The van der Waals surface area contributed by atoms with Gasteiger partial charge in [-0.1, -0.05) is 28.8 Å². The normalized spacial score (nSPS) is 10.5. The Hall–Kier alpha value is -4.27. The molecule has 0 radical (unpaired) electrons. The van der Waals surface area contributed by atoms with Gasteiger partial charge in [0.15, 0.2) is 0 Å². The summed E-state index contributed by atoms with van der Waals surface area (Å²) < 4.78 is 12.3. The molecule has 0 aliphatic rings. The van der Waals surface area contributed by atoms with Gasteiger partial charge in [0, 0.05) is 30.4 Å². The quantitative estimate of drug-likeness (QED) is 0.374. The Labute approximate surface area is 208 Å². The van der Waals surface area contributed by atoms with Crippen LogP contribution in [-0.2, 0) is 13.7 Å². The number of pyridine rings is 2. The maximum Gasteiger partial charge on any atom is 0.296 e. The van der Waals surface area contributed by atoms with E-state index in [9.17, 15) is 9.59 Å². The average molecular weight is 509 g/mol. The van der Waals surface area contributed by atoms with Gasteiger partial charge in [0.1, 0.15) is 17.5 Å². The number of nitrogens with one attached hydrogen (secondary N) is 1. The van der Waals surface area contributed by atoms with E-state index in [1.807, 2.05) is 0 Å². The third-order valence-electron chi connectivity index (χ3n) is 4.89. The maximum absolute atomic E-state index is 13.1. The molecule has 1 N–H and O–H groups in total. The fourth-order valence-electron chi connectivity index (χ4n) is 3.13. The van der Waals surface area contributed by atoms with Crippen LogP contribution in [0.15, 0.2) is 53.6 Å². The van der Waals surface area contributed by atoms with Gasteiger partial charge in [-0.05, 0) is 35.1 Å². The van der Waals surface area contributed by atoms with E-state index in [1.165, 1.54) is 30.1 Å². The van der Waals surface area contributed by atoms with E-state index < -0.39 is 5.91 Å². The number of aromatic nitrogens is 4. The van der Waals surface area contributed by atoms with E-state index >= 15 is 0 Å². The molecule has 4 rings (SSSR count). The van der Waals surface area contributed by atoms with Gasteiger partial charge < -0.3 is 14.0 Å². The predicted molar refractivity (Wildman–Crippen MR) is 130 cm³/mol. The highest BCUT2D eigenvalue weighted by atomic mass is 35.5. The molecule has 3 aromatic heterocycles. The summed E-state index contributed by atoms with van der Waals surface area (Å²) in [5.74, 6) is -0.181. The molecule has 0 fully saturated rings. The first-order valence-corrected chi connectivity index (χ1v) is 11.2. The zero-order valence-corrected chi connectivity index (χ0v) is 20.1. The summed E-state index contributed by atoms with van der Waals surface area (Å²) in [6.45, 7) is 0.218. The summed E-state index contributed by atoms with van der Waals surface area (Å²) in [7, 11) is 3.04. The number of aryl methyl sites for hydroxylation is 1. The molecule has 10 nitrogen and oxygen atoms in total. The number of hydrogen-bond acceptors (Lipinski definition) is 9. The summed E-state index contributed by atoms with van der Waals surface area (Å²) in [5, 5.41) is 20.0. The molecule has 0 saturated carbocycles. The minimum Gasteiger partial charge on any atom is -0.494 e. The van der Waals surface area contributed by atoms with Crippen molar-refractivity contribution in [3.8, 4) is 28.1 Å². The van der Waals surface area contributed by atoms with E-state index in [0.29, 0.717) is 22.4 Å². The summed E-state index contributed by atoms with van der Waals surface area (Å²) in [6.07, 6.45) is 2.96. The van der Waals surface area contributed by atoms with Crippen molar-refractivity contribution < 1.29 is 14.3 Å². The molecular formula is C23H17ClN6O4S. The van der Waals surface area contributed by atoms with Gasteiger partial charge >= 0.3 is 0 Å². The number of benzene rings is 1. The van der Waals surface area contributed by atoms with E-state index in [-0.39, 0.29) is 33.2 Å². The van der Waals surface area contributed by atoms with E-state index in [1.54, 1.807) is 37.4 Å². The number of halogens is 1. The van der Waals surface area contributed by atoms with Crippen molar-refractivity contribution in [3.05, 3.63) is 81.0 Å². The van der Waals surface area contributed by atoms with Gasteiger partial charge in [-0.15, -0.1) is 5.10 Å².